The maximum absolute atomic E-state index is 13.7. The molecule has 1 aliphatic heterocycles. The summed E-state index contributed by atoms with van der Waals surface area (Å²) in [6, 6.07) is 18.0. The summed E-state index contributed by atoms with van der Waals surface area (Å²) in [6.07, 6.45) is 1.77. The van der Waals surface area contributed by atoms with E-state index < -0.39 is 12.0 Å². The van der Waals surface area contributed by atoms with Crippen molar-refractivity contribution in [1.82, 2.24) is 4.57 Å². The maximum atomic E-state index is 13.7. The van der Waals surface area contributed by atoms with E-state index in [2.05, 4.69) is 11.1 Å². The zero-order valence-corrected chi connectivity index (χ0v) is 23.7. The van der Waals surface area contributed by atoms with Crippen LogP contribution in [-0.2, 0) is 16.1 Å². The highest BCUT2D eigenvalue weighted by Crippen LogP contribution is 2.33. The fraction of sp³-hybridized carbons (Fsp3) is 0.200. The van der Waals surface area contributed by atoms with Gasteiger partial charge in [0, 0.05) is 10.4 Å². The molecule has 202 valence electrons. The summed E-state index contributed by atoms with van der Waals surface area (Å²) >= 11 is 2.73. The highest BCUT2D eigenvalue weighted by molar-refractivity contribution is 7.10. The van der Waals surface area contributed by atoms with Crippen LogP contribution < -0.4 is 24.4 Å². The number of methoxy groups -OCH3 is 1. The van der Waals surface area contributed by atoms with E-state index in [1.54, 1.807) is 49.8 Å². The molecule has 0 unspecified atom stereocenters. The van der Waals surface area contributed by atoms with E-state index in [1.807, 2.05) is 41.8 Å². The molecule has 1 aliphatic rings. The molecule has 0 N–H and O–H groups in total. The zero-order valence-electron chi connectivity index (χ0n) is 22.0. The monoisotopic (exact) mass is 571 g/mol. The number of esters is 1. The van der Waals surface area contributed by atoms with Crippen LogP contribution in [0.5, 0.6) is 11.5 Å². The average Bonchev–Trinajstić information content (AvgIpc) is 3.60. The summed E-state index contributed by atoms with van der Waals surface area (Å²) in [4.78, 5) is 32.6. The van der Waals surface area contributed by atoms with Crippen molar-refractivity contribution < 1.29 is 19.0 Å². The van der Waals surface area contributed by atoms with Gasteiger partial charge in [-0.3, -0.25) is 9.36 Å². The van der Waals surface area contributed by atoms with Crippen molar-refractivity contribution in [2.75, 3.05) is 13.7 Å². The Kier molecular flexibility index (Phi) is 7.96. The van der Waals surface area contributed by atoms with Crippen LogP contribution in [-0.4, -0.2) is 24.3 Å². The molecule has 10 heteroatoms. The number of hydrogen-bond acceptors (Lipinski definition) is 9. The second-order valence-electron chi connectivity index (χ2n) is 8.79. The Bertz CT molecular complexity index is 1830. The first kappa shape index (κ1) is 27.1. The van der Waals surface area contributed by atoms with Gasteiger partial charge in [0.2, 0.25) is 0 Å². The van der Waals surface area contributed by atoms with Crippen LogP contribution >= 0.6 is 22.7 Å². The number of carbonyl (C=O) groups excluding carboxylic acids is 1. The number of hydrogen-bond donors (Lipinski definition) is 0. The molecule has 40 heavy (non-hydrogen) atoms. The molecule has 0 spiro atoms. The zero-order chi connectivity index (χ0) is 28.2. The van der Waals surface area contributed by atoms with E-state index in [1.165, 1.54) is 22.7 Å². The minimum Gasteiger partial charge on any atom is -0.493 e. The van der Waals surface area contributed by atoms with Crippen LogP contribution in [0.15, 0.2) is 81.0 Å². The van der Waals surface area contributed by atoms with Gasteiger partial charge in [0.05, 0.1) is 41.2 Å². The van der Waals surface area contributed by atoms with Gasteiger partial charge in [0.1, 0.15) is 12.6 Å². The molecule has 3 heterocycles. The van der Waals surface area contributed by atoms with Gasteiger partial charge < -0.3 is 14.2 Å². The van der Waals surface area contributed by atoms with Gasteiger partial charge in [-0.2, -0.15) is 5.26 Å². The minimum atomic E-state index is -0.612. The molecule has 0 bridgehead atoms. The highest BCUT2D eigenvalue weighted by atomic mass is 32.1. The lowest BCUT2D eigenvalue weighted by atomic mass is 10.0. The Hall–Kier alpha value is -4.46. The van der Waals surface area contributed by atoms with Gasteiger partial charge in [-0.25, -0.2) is 9.79 Å². The van der Waals surface area contributed by atoms with Crippen molar-refractivity contribution >= 4 is 34.7 Å². The van der Waals surface area contributed by atoms with E-state index >= 15 is 0 Å². The molecule has 5 rings (SSSR count). The Morgan fingerprint density at radius 3 is 2.73 bits per heavy atom. The quantitative estimate of drug-likeness (QED) is 0.292. The molecular weight excluding hydrogens is 546 g/mol. The maximum Gasteiger partial charge on any atom is 0.338 e. The first-order chi connectivity index (χ1) is 19.4. The normalized spacial score (nSPS) is 14.8. The van der Waals surface area contributed by atoms with Gasteiger partial charge >= 0.3 is 5.97 Å². The molecule has 1 atom stereocenters. The number of thiophene rings is 1. The van der Waals surface area contributed by atoms with Gasteiger partial charge in [-0.1, -0.05) is 41.7 Å². The number of nitrogens with zero attached hydrogens (tertiary/aromatic N) is 3. The van der Waals surface area contributed by atoms with Gasteiger partial charge in [-0.05, 0) is 55.1 Å². The number of fused-ring (bicyclic) bond motifs is 1. The third-order valence-electron chi connectivity index (χ3n) is 6.34. The number of ether oxygens (including phenoxy) is 3. The van der Waals surface area contributed by atoms with Crippen molar-refractivity contribution in [2.24, 2.45) is 4.99 Å². The molecule has 0 amide bonds. The number of allylic oxidation sites excluding steroid dienone is 1. The van der Waals surface area contributed by atoms with Crippen LogP contribution in [0.1, 0.15) is 41.5 Å². The second-order valence-corrected chi connectivity index (χ2v) is 10.8. The van der Waals surface area contributed by atoms with E-state index in [4.69, 9.17) is 14.2 Å². The molecule has 8 nitrogen and oxygen atoms in total. The van der Waals surface area contributed by atoms with E-state index in [9.17, 15) is 14.9 Å². The third kappa shape index (κ3) is 5.21. The summed E-state index contributed by atoms with van der Waals surface area (Å²) < 4.78 is 18.9. The van der Waals surface area contributed by atoms with Crippen molar-refractivity contribution in [1.29, 1.82) is 5.26 Å². The van der Waals surface area contributed by atoms with Gasteiger partial charge in [-0.15, -0.1) is 11.3 Å². The van der Waals surface area contributed by atoms with Crippen LogP contribution in [0.2, 0.25) is 0 Å². The molecular formula is C30H25N3O5S2. The number of nitriles is 1. The topological polar surface area (TPSA) is 103 Å². The lowest BCUT2D eigenvalue weighted by Crippen LogP contribution is -2.39. The van der Waals surface area contributed by atoms with Crippen LogP contribution in [0.25, 0.3) is 6.08 Å². The molecule has 0 aliphatic carbocycles. The predicted molar refractivity (Wildman–Crippen MR) is 153 cm³/mol. The number of thiazole rings is 1. The summed E-state index contributed by atoms with van der Waals surface area (Å²) in [5.74, 6) is 0.531. The molecule has 4 aromatic rings. The lowest BCUT2D eigenvalue weighted by molar-refractivity contribution is -0.139. The van der Waals surface area contributed by atoms with Gasteiger partial charge in [0.15, 0.2) is 16.3 Å². The predicted octanol–water partition coefficient (Wildman–Crippen LogP) is 4.32. The van der Waals surface area contributed by atoms with Crippen molar-refractivity contribution in [3.8, 4) is 17.6 Å². The lowest BCUT2D eigenvalue weighted by Gasteiger charge is -2.23. The van der Waals surface area contributed by atoms with Crippen LogP contribution in [0, 0.1) is 11.3 Å². The average molecular weight is 572 g/mol. The van der Waals surface area contributed by atoms with E-state index in [0.29, 0.717) is 37.7 Å². The number of aromatic nitrogens is 1. The molecule has 0 saturated carbocycles. The Labute approximate surface area is 238 Å². The number of carbonyl (C=O) groups is 1. The van der Waals surface area contributed by atoms with Crippen molar-refractivity contribution in [3.05, 3.63) is 113 Å². The second kappa shape index (κ2) is 11.7. The SMILES string of the molecule is CCOC(=O)C1=C(C)N=c2s/c(=C/c3ccc(OCc4ccccc4C#N)c(OC)c3)c(=O)n2[C@@H]1c1cccs1. The Morgan fingerprint density at radius 1 is 1.18 bits per heavy atom. The number of benzene rings is 2. The van der Waals surface area contributed by atoms with Crippen LogP contribution in [0.3, 0.4) is 0 Å². The molecule has 2 aromatic carbocycles. The standard InChI is InChI=1S/C30H25N3O5S2/c1-4-37-29(35)26-18(2)32-30-33(27(26)24-10-7-13-39-24)28(34)25(40-30)15-19-11-12-22(23(14-19)36-3)38-17-21-9-6-5-8-20(21)16-31/h5-15,27H,4,17H2,1-3H3/b25-15+/t27-/m1/s1. The fourth-order valence-corrected chi connectivity index (χ4v) is 6.33. The highest BCUT2D eigenvalue weighted by Gasteiger charge is 2.33. The summed E-state index contributed by atoms with van der Waals surface area (Å²) in [5.41, 5.74) is 2.71. The fourth-order valence-electron chi connectivity index (χ4n) is 4.46. The van der Waals surface area contributed by atoms with Crippen molar-refractivity contribution in [2.45, 2.75) is 26.5 Å². The Balaban J connectivity index is 1.52. The molecule has 0 radical (unpaired) electrons. The first-order valence-electron chi connectivity index (χ1n) is 12.5. The van der Waals surface area contributed by atoms with Crippen LogP contribution in [0.4, 0.5) is 0 Å². The molecule has 0 saturated heterocycles. The van der Waals surface area contributed by atoms with Gasteiger partial charge in [0.25, 0.3) is 5.56 Å². The minimum absolute atomic E-state index is 0.211. The third-order valence-corrected chi connectivity index (χ3v) is 8.24. The first-order valence-corrected chi connectivity index (χ1v) is 14.2. The summed E-state index contributed by atoms with van der Waals surface area (Å²) in [6.45, 7) is 3.95. The van der Waals surface area contributed by atoms with Crippen molar-refractivity contribution in [3.63, 3.8) is 0 Å². The number of rotatable bonds is 8. The Morgan fingerprint density at radius 2 is 2.00 bits per heavy atom. The smallest absolute Gasteiger partial charge is 0.338 e. The molecule has 0 fully saturated rings. The largest absolute Gasteiger partial charge is 0.493 e. The summed E-state index contributed by atoms with van der Waals surface area (Å²) in [5, 5.41) is 11.2. The van der Waals surface area contributed by atoms with E-state index in [0.717, 1.165) is 16.0 Å². The van der Waals surface area contributed by atoms with E-state index in [-0.39, 0.29) is 18.8 Å². The molecule has 2 aromatic heterocycles. The summed E-state index contributed by atoms with van der Waals surface area (Å²) in [7, 11) is 1.55.